The van der Waals surface area contributed by atoms with E-state index in [4.69, 9.17) is 0 Å². The molecule has 2 saturated heterocycles. The van der Waals surface area contributed by atoms with Crippen molar-refractivity contribution in [3.05, 3.63) is 30.2 Å². The number of piperidine rings is 2. The van der Waals surface area contributed by atoms with E-state index in [0.29, 0.717) is 18.2 Å². The molecular weight excluding hydrogens is 385 g/mol. The van der Waals surface area contributed by atoms with Gasteiger partial charge in [0.25, 0.3) is 0 Å². The molecule has 0 radical (unpaired) electrons. The van der Waals surface area contributed by atoms with Gasteiger partial charge in [-0.15, -0.1) is 35.0 Å². The topological polar surface area (TPSA) is 62.5 Å². The molecule has 0 bridgehead atoms. The summed E-state index contributed by atoms with van der Waals surface area (Å²) < 4.78 is 2.08. The molecule has 1 amide bonds. The van der Waals surface area contributed by atoms with Gasteiger partial charge in [-0.3, -0.25) is 9.20 Å². The number of likely N-dealkylation sites (tertiary alicyclic amines) is 1. The highest BCUT2D eigenvalue weighted by atomic mass is 35.5. The Morgan fingerprint density at radius 2 is 1.81 bits per heavy atom. The van der Waals surface area contributed by atoms with Gasteiger partial charge in [0.15, 0.2) is 5.65 Å². The van der Waals surface area contributed by atoms with Crippen LogP contribution in [0.2, 0.25) is 0 Å². The maximum absolute atomic E-state index is 12.5. The molecule has 0 unspecified atom stereocenters. The van der Waals surface area contributed by atoms with Crippen LogP contribution in [0.1, 0.15) is 50.3 Å². The fraction of sp³-hybridized carbons (Fsp3) is 0.632. The van der Waals surface area contributed by atoms with Crippen molar-refractivity contribution in [1.82, 2.24) is 24.8 Å². The van der Waals surface area contributed by atoms with E-state index >= 15 is 0 Å². The number of hydrogen-bond acceptors (Lipinski definition) is 4. The molecule has 2 aliphatic rings. The molecule has 6 nitrogen and oxygen atoms in total. The largest absolute Gasteiger partial charge is 0.343 e. The fourth-order valence-corrected chi connectivity index (χ4v) is 4.18. The van der Waals surface area contributed by atoms with E-state index in [2.05, 4.69) is 24.8 Å². The first-order chi connectivity index (χ1) is 12.3. The number of nitrogens with one attached hydrogen (secondary N) is 1. The number of rotatable bonds is 4. The molecule has 2 aromatic rings. The Kier molecular flexibility index (Phi) is 8.32. The van der Waals surface area contributed by atoms with Crippen LogP contribution in [0.5, 0.6) is 0 Å². The lowest BCUT2D eigenvalue weighted by molar-refractivity contribution is -0.132. The zero-order chi connectivity index (χ0) is 17.1. The number of nitrogens with zero attached hydrogens (tertiary/aromatic N) is 4. The highest BCUT2D eigenvalue weighted by Crippen LogP contribution is 2.28. The molecule has 0 saturated carbocycles. The number of fused-ring (bicyclic) bond motifs is 1. The van der Waals surface area contributed by atoms with Gasteiger partial charge in [0, 0.05) is 31.6 Å². The van der Waals surface area contributed by atoms with Gasteiger partial charge in [0.1, 0.15) is 5.82 Å². The number of halogens is 2. The minimum Gasteiger partial charge on any atom is -0.343 e. The number of aromatic nitrogens is 3. The molecule has 0 aliphatic carbocycles. The maximum Gasteiger partial charge on any atom is 0.222 e. The van der Waals surface area contributed by atoms with Crippen LogP contribution in [0.15, 0.2) is 24.4 Å². The molecule has 150 valence electrons. The van der Waals surface area contributed by atoms with Crippen molar-refractivity contribution in [2.24, 2.45) is 5.92 Å². The van der Waals surface area contributed by atoms with Crippen LogP contribution in [0, 0.1) is 5.92 Å². The van der Waals surface area contributed by atoms with Crippen molar-refractivity contribution >= 4 is 36.4 Å². The fourth-order valence-electron chi connectivity index (χ4n) is 4.18. The molecule has 1 N–H and O–H groups in total. The van der Waals surface area contributed by atoms with Crippen LogP contribution in [0.3, 0.4) is 0 Å². The Hall–Kier alpha value is -1.37. The normalized spacial score (nSPS) is 18.7. The summed E-state index contributed by atoms with van der Waals surface area (Å²) in [6.45, 7) is 3.90. The third kappa shape index (κ3) is 5.12. The summed E-state index contributed by atoms with van der Waals surface area (Å²) in [7, 11) is 0. The Balaban J connectivity index is 0.00000131. The Morgan fingerprint density at radius 3 is 2.56 bits per heavy atom. The first-order valence-corrected chi connectivity index (χ1v) is 9.59. The molecule has 2 aliphatic heterocycles. The summed E-state index contributed by atoms with van der Waals surface area (Å²) in [4.78, 5) is 14.6. The van der Waals surface area contributed by atoms with Crippen molar-refractivity contribution in [1.29, 1.82) is 0 Å². The van der Waals surface area contributed by atoms with Crippen LogP contribution >= 0.6 is 24.8 Å². The molecule has 4 rings (SSSR count). The van der Waals surface area contributed by atoms with Gasteiger partial charge in [0.05, 0.1) is 0 Å². The predicted octanol–water partition coefficient (Wildman–Crippen LogP) is 3.06. The van der Waals surface area contributed by atoms with Crippen molar-refractivity contribution in [3.8, 4) is 0 Å². The van der Waals surface area contributed by atoms with Crippen molar-refractivity contribution < 1.29 is 4.79 Å². The summed E-state index contributed by atoms with van der Waals surface area (Å²) in [6, 6.07) is 5.98. The number of carbonyl (C=O) groups excluding carboxylic acids is 1. The molecule has 0 spiro atoms. The van der Waals surface area contributed by atoms with Crippen LogP contribution in [0.4, 0.5) is 0 Å². The average molecular weight is 414 g/mol. The lowest BCUT2D eigenvalue weighted by Crippen LogP contribution is -2.38. The smallest absolute Gasteiger partial charge is 0.222 e. The highest BCUT2D eigenvalue weighted by Gasteiger charge is 2.27. The number of carbonyl (C=O) groups is 1. The summed E-state index contributed by atoms with van der Waals surface area (Å²) in [5, 5.41) is 12.0. The third-order valence-electron chi connectivity index (χ3n) is 5.78. The van der Waals surface area contributed by atoms with Crippen molar-refractivity contribution in [3.63, 3.8) is 0 Å². The van der Waals surface area contributed by atoms with Gasteiger partial charge in [0.2, 0.25) is 5.91 Å². The summed E-state index contributed by atoms with van der Waals surface area (Å²) in [5.41, 5.74) is 0.901. The molecule has 0 aromatic carbocycles. The number of amides is 1. The number of hydrogen-bond donors (Lipinski definition) is 1. The van der Waals surface area contributed by atoms with Crippen molar-refractivity contribution in [2.45, 2.75) is 44.4 Å². The zero-order valence-electron chi connectivity index (χ0n) is 15.5. The summed E-state index contributed by atoms with van der Waals surface area (Å²) >= 11 is 0. The van der Waals surface area contributed by atoms with E-state index in [9.17, 15) is 4.79 Å². The molecule has 4 heterocycles. The van der Waals surface area contributed by atoms with E-state index in [0.717, 1.165) is 62.8 Å². The van der Waals surface area contributed by atoms with Crippen LogP contribution < -0.4 is 5.32 Å². The van der Waals surface area contributed by atoms with Gasteiger partial charge < -0.3 is 10.2 Å². The lowest BCUT2D eigenvalue weighted by atomic mass is 9.92. The van der Waals surface area contributed by atoms with Gasteiger partial charge in [-0.2, -0.15) is 0 Å². The Labute approximate surface area is 172 Å². The molecule has 2 fully saturated rings. The second-order valence-corrected chi connectivity index (χ2v) is 7.37. The highest BCUT2D eigenvalue weighted by molar-refractivity contribution is 5.85. The SMILES string of the molecule is Cl.Cl.O=C(CCC1CCNCC1)N1CCC(c2nnc3ccccn23)CC1. The molecule has 0 atom stereocenters. The zero-order valence-corrected chi connectivity index (χ0v) is 17.2. The van der Waals surface area contributed by atoms with E-state index in [1.165, 1.54) is 12.8 Å². The quantitative estimate of drug-likeness (QED) is 0.836. The van der Waals surface area contributed by atoms with Gasteiger partial charge >= 0.3 is 0 Å². The van der Waals surface area contributed by atoms with E-state index in [1.807, 2.05) is 24.4 Å². The standard InChI is InChI=1S/C19H27N5O.2ClH/c25-18(5-4-15-6-10-20-11-7-15)23-13-8-16(9-14-23)19-22-21-17-3-1-2-12-24(17)19;;/h1-3,12,15-16,20H,4-11,13-14H2;2*1H. The Morgan fingerprint density at radius 1 is 1.07 bits per heavy atom. The monoisotopic (exact) mass is 413 g/mol. The van der Waals surface area contributed by atoms with Crippen LogP contribution in [-0.2, 0) is 4.79 Å². The van der Waals surface area contributed by atoms with E-state index in [-0.39, 0.29) is 24.8 Å². The summed E-state index contributed by atoms with van der Waals surface area (Å²) in [6.07, 6.45) is 8.19. The van der Waals surface area contributed by atoms with Gasteiger partial charge in [-0.25, -0.2) is 0 Å². The van der Waals surface area contributed by atoms with Crippen LogP contribution in [0.25, 0.3) is 5.65 Å². The van der Waals surface area contributed by atoms with Gasteiger partial charge in [-0.05, 0) is 63.2 Å². The first kappa shape index (κ1) is 21.9. The maximum atomic E-state index is 12.5. The number of pyridine rings is 1. The molecule has 8 heteroatoms. The Bertz CT molecular complexity index is 724. The molecule has 27 heavy (non-hydrogen) atoms. The molecule has 2 aromatic heterocycles. The first-order valence-electron chi connectivity index (χ1n) is 9.59. The summed E-state index contributed by atoms with van der Waals surface area (Å²) in [5.74, 6) is 2.50. The third-order valence-corrected chi connectivity index (χ3v) is 5.78. The predicted molar refractivity (Wildman–Crippen MR) is 111 cm³/mol. The lowest BCUT2D eigenvalue weighted by Gasteiger charge is -2.32. The van der Waals surface area contributed by atoms with E-state index in [1.54, 1.807) is 0 Å². The minimum atomic E-state index is 0. The second-order valence-electron chi connectivity index (χ2n) is 7.37. The van der Waals surface area contributed by atoms with Crippen molar-refractivity contribution in [2.75, 3.05) is 26.2 Å². The van der Waals surface area contributed by atoms with Crippen LogP contribution in [-0.4, -0.2) is 51.6 Å². The average Bonchev–Trinajstić information content (AvgIpc) is 3.11. The van der Waals surface area contributed by atoms with E-state index < -0.39 is 0 Å². The second kappa shape index (κ2) is 10.2. The molecular formula is C19H29Cl2N5O. The minimum absolute atomic E-state index is 0. The van der Waals surface area contributed by atoms with Gasteiger partial charge in [-0.1, -0.05) is 6.07 Å².